The zero-order chi connectivity index (χ0) is 9.38. The molecule has 2 saturated carbocycles. The third-order valence-corrected chi connectivity index (χ3v) is 4.48. The molecule has 0 amide bonds. The normalized spacial score (nSPS) is 46.3. The van der Waals surface area contributed by atoms with Gasteiger partial charge in [0.15, 0.2) is 0 Å². The van der Waals surface area contributed by atoms with Crippen molar-refractivity contribution < 1.29 is 4.74 Å². The molecule has 2 bridgehead atoms. The predicted molar refractivity (Wildman–Crippen MR) is 56.2 cm³/mol. The molecule has 4 atom stereocenters. The third kappa shape index (κ3) is 1.70. The van der Waals surface area contributed by atoms with Gasteiger partial charge in [-0.15, -0.1) is 0 Å². The first-order chi connectivity index (χ1) is 6.92. The molecule has 1 saturated heterocycles. The third-order valence-electron chi connectivity index (χ3n) is 4.48. The molecule has 80 valence electrons. The summed E-state index contributed by atoms with van der Waals surface area (Å²) in [7, 11) is 0. The summed E-state index contributed by atoms with van der Waals surface area (Å²) < 4.78 is 5.37. The molecule has 0 aromatic carbocycles. The van der Waals surface area contributed by atoms with Crippen LogP contribution in [0, 0.1) is 17.8 Å². The van der Waals surface area contributed by atoms with E-state index in [1.807, 2.05) is 0 Å². The SMILES string of the molecule is C1CC(NCC2CC3CCC2C3)CO1. The summed E-state index contributed by atoms with van der Waals surface area (Å²) in [5.74, 6) is 3.15. The highest BCUT2D eigenvalue weighted by Crippen LogP contribution is 2.47. The van der Waals surface area contributed by atoms with Crippen molar-refractivity contribution in [1.29, 1.82) is 0 Å². The Hall–Kier alpha value is -0.0800. The summed E-state index contributed by atoms with van der Waals surface area (Å²) in [5, 5.41) is 3.68. The fourth-order valence-corrected chi connectivity index (χ4v) is 3.64. The van der Waals surface area contributed by atoms with Crippen molar-refractivity contribution in [1.82, 2.24) is 5.32 Å². The number of fused-ring (bicyclic) bond motifs is 2. The van der Waals surface area contributed by atoms with E-state index < -0.39 is 0 Å². The quantitative estimate of drug-likeness (QED) is 0.741. The Kier molecular flexibility index (Phi) is 2.50. The van der Waals surface area contributed by atoms with E-state index in [-0.39, 0.29) is 0 Å². The standard InChI is InChI=1S/C12H21NO/c1-2-10-5-9(1)6-11(10)7-13-12-3-4-14-8-12/h9-13H,1-8H2. The molecule has 1 aliphatic heterocycles. The lowest BCUT2D eigenvalue weighted by molar-refractivity contribution is 0.187. The molecule has 3 aliphatic rings. The van der Waals surface area contributed by atoms with Crippen molar-refractivity contribution >= 4 is 0 Å². The molecule has 2 heteroatoms. The minimum atomic E-state index is 0.661. The maximum Gasteiger partial charge on any atom is 0.0620 e. The fraction of sp³-hybridized carbons (Fsp3) is 1.00. The number of rotatable bonds is 3. The number of hydrogen-bond acceptors (Lipinski definition) is 2. The van der Waals surface area contributed by atoms with Gasteiger partial charge < -0.3 is 10.1 Å². The molecule has 0 aromatic rings. The molecule has 1 heterocycles. The number of nitrogens with one attached hydrogen (secondary N) is 1. The van der Waals surface area contributed by atoms with Gasteiger partial charge in [-0.2, -0.15) is 0 Å². The molecule has 1 N–H and O–H groups in total. The van der Waals surface area contributed by atoms with Gasteiger partial charge in [-0.25, -0.2) is 0 Å². The average molecular weight is 195 g/mol. The molecule has 0 aromatic heterocycles. The van der Waals surface area contributed by atoms with Crippen molar-refractivity contribution in [2.45, 2.75) is 38.1 Å². The predicted octanol–water partition coefficient (Wildman–Crippen LogP) is 1.80. The van der Waals surface area contributed by atoms with Crippen LogP contribution in [0.1, 0.15) is 32.1 Å². The second-order valence-electron chi connectivity index (χ2n) is 5.40. The van der Waals surface area contributed by atoms with E-state index in [2.05, 4.69) is 5.32 Å². The van der Waals surface area contributed by atoms with Crippen molar-refractivity contribution in [3.63, 3.8) is 0 Å². The maximum absolute atomic E-state index is 5.37. The lowest BCUT2D eigenvalue weighted by Crippen LogP contribution is -2.35. The second kappa shape index (κ2) is 3.82. The van der Waals surface area contributed by atoms with Crippen LogP contribution in [0.25, 0.3) is 0 Å². The molecule has 0 radical (unpaired) electrons. The summed E-state index contributed by atoms with van der Waals surface area (Å²) in [6, 6.07) is 0.661. The lowest BCUT2D eigenvalue weighted by Gasteiger charge is -2.23. The Morgan fingerprint density at radius 2 is 2.14 bits per heavy atom. The molecular weight excluding hydrogens is 174 g/mol. The van der Waals surface area contributed by atoms with Crippen LogP contribution >= 0.6 is 0 Å². The van der Waals surface area contributed by atoms with Crippen LogP contribution in [0.2, 0.25) is 0 Å². The summed E-state index contributed by atoms with van der Waals surface area (Å²) in [5.41, 5.74) is 0. The minimum Gasteiger partial charge on any atom is -0.380 e. The first kappa shape index (κ1) is 9.17. The van der Waals surface area contributed by atoms with Gasteiger partial charge in [-0.1, -0.05) is 6.42 Å². The topological polar surface area (TPSA) is 21.3 Å². The Balaban J connectivity index is 1.44. The zero-order valence-electron chi connectivity index (χ0n) is 8.87. The lowest BCUT2D eigenvalue weighted by atomic mass is 9.88. The Morgan fingerprint density at radius 1 is 1.14 bits per heavy atom. The van der Waals surface area contributed by atoms with Gasteiger partial charge in [0.1, 0.15) is 0 Å². The maximum atomic E-state index is 5.37. The van der Waals surface area contributed by atoms with E-state index in [9.17, 15) is 0 Å². The van der Waals surface area contributed by atoms with Gasteiger partial charge in [0, 0.05) is 12.6 Å². The van der Waals surface area contributed by atoms with Crippen LogP contribution in [-0.2, 0) is 4.74 Å². The van der Waals surface area contributed by atoms with E-state index in [1.165, 1.54) is 38.6 Å². The van der Waals surface area contributed by atoms with Crippen molar-refractivity contribution in [2.75, 3.05) is 19.8 Å². The molecule has 3 rings (SSSR count). The Bertz CT molecular complexity index is 200. The van der Waals surface area contributed by atoms with Gasteiger partial charge in [0.25, 0.3) is 0 Å². The molecule has 0 spiro atoms. The number of hydrogen-bond donors (Lipinski definition) is 1. The van der Waals surface area contributed by atoms with E-state index in [0.29, 0.717) is 6.04 Å². The minimum absolute atomic E-state index is 0.661. The van der Waals surface area contributed by atoms with Crippen LogP contribution in [0.4, 0.5) is 0 Å². The van der Waals surface area contributed by atoms with Crippen LogP contribution in [0.5, 0.6) is 0 Å². The fourth-order valence-electron chi connectivity index (χ4n) is 3.64. The van der Waals surface area contributed by atoms with E-state index >= 15 is 0 Å². The molecule has 4 unspecified atom stereocenters. The largest absolute Gasteiger partial charge is 0.380 e. The summed E-state index contributed by atoms with van der Waals surface area (Å²) >= 11 is 0. The van der Waals surface area contributed by atoms with Gasteiger partial charge in [-0.05, 0) is 50.0 Å². The van der Waals surface area contributed by atoms with E-state index in [4.69, 9.17) is 4.74 Å². The van der Waals surface area contributed by atoms with Crippen LogP contribution in [0.3, 0.4) is 0 Å². The van der Waals surface area contributed by atoms with Gasteiger partial charge >= 0.3 is 0 Å². The van der Waals surface area contributed by atoms with Gasteiger partial charge in [0.2, 0.25) is 0 Å². The van der Waals surface area contributed by atoms with E-state index in [0.717, 1.165) is 31.0 Å². The van der Waals surface area contributed by atoms with Crippen LogP contribution in [-0.4, -0.2) is 25.8 Å². The molecular formula is C12H21NO. The van der Waals surface area contributed by atoms with Crippen molar-refractivity contribution in [3.05, 3.63) is 0 Å². The second-order valence-corrected chi connectivity index (χ2v) is 5.40. The van der Waals surface area contributed by atoms with Crippen LogP contribution < -0.4 is 5.32 Å². The number of ether oxygens (including phenoxy) is 1. The highest BCUT2D eigenvalue weighted by molar-refractivity contribution is 4.91. The van der Waals surface area contributed by atoms with Gasteiger partial charge in [0.05, 0.1) is 6.61 Å². The average Bonchev–Trinajstić information content (AvgIpc) is 2.91. The highest BCUT2D eigenvalue weighted by Gasteiger charge is 2.39. The summed E-state index contributed by atoms with van der Waals surface area (Å²) in [4.78, 5) is 0. The van der Waals surface area contributed by atoms with Crippen LogP contribution in [0.15, 0.2) is 0 Å². The summed E-state index contributed by atoms with van der Waals surface area (Å²) in [6.07, 6.45) is 7.30. The molecule has 14 heavy (non-hydrogen) atoms. The Labute approximate surface area is 86.4 Å². The molecule has 3 fully saturated rings. The van der Waals surface area contributed by atoms with E-state index in [1.54, 1.807) is 0 Å². The van der Waals surface area contributed by atoms with Crippen molar-refractivity contribution in [2.24, 2.45) is 17.8 Å². The molecule has 2 aliphatic carbocycles. The Morgan fingerprint density at radius 3 is 2.79 bits per heavy atom. The summed E-state index contributed by atoms with van der Waals surface area (Å²) in [6.45, 7) is 3.17. The molecule has 2 nitrogen and oxygen atoms in total. The van der Waals surface area contributed by atoms with Crippen molar-refractivity contribution in [3.8, 4) is 0 Å². The smallest absolute Gasteiger partial charge is 0.0620 e. The van der Waals surface area contributed by atoms with Gasteiger partial charge in [-0.3, -0.25) is 0 Å². The first-order valence-corrected chi connectivity index (χ1v) is 6.23. The first-order valence-electron chi connectivity index (χ1n) is 6.23. The monoisotopic (exact) mass is 195 g/mol. The highest BCUT2D eigenvalue weighted by atomic mass is 16.5. The zero-order valence-corrected chi connectivity index (χ0v) is 8.87.